The summed E-state index contributed by atoms with van der Waals surface area (Å²) >= 11 is 5.59. The second-order valence-corrected chi connectivity index (χ2v) is 2.74. The number of ether oxygens (including phenoxy) is 1. The van der Waals surface area contributed by atoms with E-state index >= 15 is 0 Å². The molecule has 14 heavy (non-hydrogen) atoms. The van der Waals surface area contributed by atoms with Gasteiger partial charge in [0.2, 0.25) is 5.91 Å². The van der Waals surface area contributed by atoms with Crippen molar-refractivity contribution in [3.05, 3.63) is 28.8 Å². The van der Waals surface area contributed by atoms with Gasteiger partial charge in [0, 0.05) is 0 Å². The fourth-order valence-corrected chi connectivity index (χ4v) is 1.15. The van der Waals surface area contributed by atoms with E-state index in [9.17, 15) is 13.6 Å². The van der Waals surface area contributed by atoms with Crippen LogP contribution in [0.2, 0.25) is 5.02 Å². The lowest BCUT2D eigenvalue weighted by Gasteiger charge is -2.07. The summed E-state index contributed by atoms with van der Waals surface area (Å²) in [5.41, 5.74) is 4.90. The molecule has 0 aliphatic heterocycles. The minimum atomic E-state index is -2.99. The Balaban J connectivity index is 3.07. The van der Waals surface area contributed by atoms with Crippen LogP contribution in [-0.4, -0.2) is 12.5 Å². The van der Waals surface area contributed by atoms with Crippen LogP contribution in [0, 0.1) is 0 Å². The Morgan fingerprint density at radius 3 is 2.64 bits per heavy atom. The van der Waals surface area contributed by atoms with Gasteiger partial charge in [-0.05, 0) is 12.1 Å². The molecule has 1 aromatic rings. The average Bonchev–Trinajstić information content (AvgIpc) is 2.07. The summed E-state index contributed by atoms with van der Waals surface area (Å²) in [6.45, 7) is -2.99. The first-order chi connectivity index (χ1) is 6.52. The van der Waals surface area contributed by atoms with Gasteiger partial charge in [-0.3, -0.25) is 4.79 Å². The van der Waals surface area contributed by atoms with Gasteiger partial charge in [-0.25, -0.2) is 0 Å². The minimum absolute atomic E-state index is 0.0511. The zero-order chi connectivity index (χ0) is 10.7. The second-order valence-electron chi connectivity index (χ2n) is 2.36. The molecule has 76 valence electrons. The van der Waals surface area contributed by atoms with Crippen molar-refractivity contribution in [1.29, 1.82) is 0 Å². The van der Waals surface area contributed by atoms with Crippen molar-refractivity contribution in [3.8, 4) is 5.75 Å². The maximum absolute atomic E-state index is 11.8. The quantitative estimate of drug-likeness (QED) is 0.849. The molecule has 1 aromatic carbocycles. The van der Waals surface area contributed by atoms with Gasteiger partial charge in [0.1, 0.15) is 5.75 Å². The third-order valence-electron chi connectivity index (χ3n) is 1.44. The molecule has 0 unspecified atom stereocenters. The van der Waals surface area contributed by atoms with Crippen LogP contribution in [0.5, 0.6) is 5.75 Å². The van der Waals surface area contributed by atoms with Crippen LogP contribution in [0.1, 0.15) is 10.4 Å². The molecule has 0 heterocycles. The van der Waals surface area contributed by atoms with Crippen molar-refractivity contribution < 1.29 is 18.3 Å². The molecule has 0 bridgehead atoms. The first kappa shape index (κ1) is 10.7. The average molecular weight is 222 g/mol. The SMILES string of the molecule is NC(=O)c1cccc(OC(F)F)c1Cl. The van der Waals surface area contributed by atoms with E-state index in [1.165, 1.54) is 18.2 Å². The van der Waals surface area contributed by atoms with Gasteiger partial charge < -0.3 is 10.5 Å². The first-order valence-corrected chi connectivity index (χ1v) is 3.93. The number of rotatable bonds is 3. The molecule has 0 aliphatic rings. The van der Waals surface area contributed by atoms with Gasteiger partial charge in [0.05, 0.1) is 10.6 Å². The third-order valence-corrected chi connectivity index (χ3v) is 1.83. The number of carbonyl (C=O) groups excluding carboxylic acids is 1. The maximum Gasteiger partial charge on any atom is 0.387 e. The number of nitrogens with two attached hydrogens (primary N) is 1. The highest BCUT2D eigenvalue weighted by Gasteiger charge is 2.14. The molecule has 0 saturated heterocycles. The second kappa shape index (κ2) is 4.23. The molecule has 0 atom stereocenters. The molecular formula is C8H6ClF2NO2. The molecule has 3 nitrogen and oxygen atoms in total. The summed E-state index contributed by atoms with van der Waals surface area (Å²) in [7, 11) is 0. The Morgan fingerprint density at radius 1 is 1.50 bits per heavy atom. The highest BCUT2D eigenvalue weighted by molar-refractivity contribution is 6.35. The van der Waals surface area contributed by atoms with E-state index in [0.717, 1.165) is 0 Å². The van der Waals surface area contributed by atoms with Gasteiger partial charge in [-0.1, -0.05) is 17.7 Å². The van der Waals surface area contributed by atoms with Crippen LogP contribution >= 0.6 is 11.6 Å². The van der Waals surface area contributed by atoms with Crippen LogP contribution in [0.4, 0.5) is 8.78 Å². The molecule has 1 amide bonds. The van der Waals surface area contributed by atoms with Crippen LogP contribution < -0.4 is 10.5 Å². The highest BCUT2D eigenvalue weighted by atomic mass is 35.5. The summed E-state index contributed by atoms with van der Waals surface area (Å²) in [6.07, 6.45) is 0. The number of hydrogen-bond acceptors (Lipinski definition) is 2. The van der Waals surface area contributed by atoms with Crippen LogP contribution in [0.25, 0.3) is 0 Å². The van der Waals surface area contributed by atoms with Gasteiger partial charge in [-0.2, -0.15) is 8.78 Å². The van der Waals surface area contributed by atoms with E-state index in [4.69, 9.17) is 17.3 Å². The molecule has 2 N–H and O–H groups in total. The van der Waals surface area contributed by atoms with Crippen LogP contribution in [0.15, 0.2) is 18.2 Å². The zero-order valence-electron chi connectivity index (χ0n) is 6.84. The number of benzene rings is 1. The summed E-state index contributed by atoms with van der Waals surface area (Å²) in [5, 5.41) is -0.208. The predicted octanol–water partition coefficient (Wildman–Crippen LogP) is 2.04. The van der Waals surface area contributed by atoms with E-state index in [2.05, 4.69) is 4.74 Å². The minimum Gasteiger partial charge on any atom is -0.433 e. The topological polar surface area (TPSA) is 52.3 Å². The summed E-state index contributed by atoms with van der Waals surface area (Å²) < 4.78 is 27.7. The number of primary amides is 1. The maximum atomic E-state index is 11.8. The van der Waals surface area contributed by atoms with Gasteiger partial charge >= 0.3 is 6.61 Å². The Bertz CT molecular complexity index is 357. The van der Waals surface area contributed by atoms with Crippen LogP contribution in [0.3, 0.4) is 0 Å². The van der Waals surface area contributed by atoms with Crippen molar-refractivity contribution >= 4 is 17.5 Å². The van der Waals surface area contributed by atoms with Gasteiger partial charge in [0.25, 0.3) is 0 Å². The lowest BCUT2D eigenvalue weighted by Crippen LogP contribution is -2.12. The third kappa shape index (κ3) is 2.32. The monoisotopic (exact) mass is 221 g/mol. The van der Waals surface area contributed by atoms with E-state index in [1.54, 1.807) is 0 Å². The molecule has 0 saturated carbocycles. The Kier molecular flexibility index (Phi) is 3.24. The number of alkyl halides is 2. The van der Waals surface area contributed by atoms with E-state index in [0.29, 0.717) is 0 Å². The van der Waals surface area contributed by atoms with Crippen molar-refractivity contribution in [2.24, 2.45) is 5.73 Å². The zero-order valence-corrected chi connectivity index (χ0v) is 7.59. The largest absolute Gasteiger partial charge is 0.433 e. The normalized spacial score (nSPS) is 10.3. The first-order valence-electron chi connectivity index (χ1n) is 3.55. The van der Waals surface area contributed by atoms with Gasteiger partial charge in [0.15, 0.2) is 0 Å². The lowest BCUT2D eigenvalue weighted by atomic mass is 10.2. The molecule has 0 fully saturated rings. The smallest absolute Gasteiger partial charge is 0.387 e. The number of carbonyl (C=O) groups is 1. The van der Waals surface area contributed by atoms with Crippen molar-refractivity contribution in [2.75, 3.05) is 0 Å². The number of halogens is 3. The molecule has 0 spiro atoms. The van der Waals surface area contributed by atoms with E-state index in [-0.39, 0.29) is 16.3 Å². The Labute approximate surface area is 83.4 Å². The summed E-state index contributed by atoms with van der Waals surface area (Å²) in [5.74, 6) is -1.06. The fraction of sp³-hybridized carbons (Fsp3) is 0.125. The van der Waals surface area contributed by atoms with E-state index in [1.807, 2.05) is 0 Å². The van der Waals surface area contributed by atoms with Crippen molar-refractivity contribution in [2.45, 2.75) is 6.61 Å². The molecule has 0 aliphatic carbocycles. The molecule has 0 radical (unpaired) electrons. The lowest BCUT2D eigenvalue weighted by molar-refractivity contribution is -0.0498. The molecular weight excluding hydrogens is 216 g/mol. The molecule has 6 heteroatoms. The highest BCUT2D eigenvalue weighted by Crippen LogP contribution is 2.28. The van der Waals surface area contributed by atoms with E-state index < -0.39 is 12.5 Å². The van der Waals surface area contributed by atoms with Crippen molar-refractivity contribution in [1.82, 2.24) is 0 Å². The Morgan fingerprint density at radius 2 is 2.14 bits per heavy atom. The molecule has 0 aromatic heterocycles. The van der Waals surface area contributed by atoms with Crippen LogP contribution in [-0.2, 0) is 0 Å². The summed E-state index contributed by atoms with van der Waals surface area (Å²) in [4.78, 5) is 10.8. The fourth-order valence-electron chi connectivity index (χ4n) is 0.888. The molecule has 1 rings (SSSR count). The van der Waals surface area contributed by atoms with Crippen molar-refractivity contribution in [3.63, 3.8) is 0 Å². The number of hydrogen-bond donors (Lipinski definition) is 1. The predicted molar refractivity (Wildman–Crippen MR) is 46.6 cm³/mol. The standard InChI is InChI=1S/C8H6ClF2NO2/c9-6-4(7(12)13)2-1-3-5(6)14-8(10)11/h1-3,8H,(H2,12,13). The Hall–Kier alpha value is -1.36. The van der Waals surface area contributed by atoms with Gasteiger partial charge in [-0.15, -0.1) is 0 Å². The number of amides is 1. The summed E-state index contributed by atoms with van der Waals surface area (Å²) in [6, 6.07) is 3.90.